The maximum Gasteiger partial charge on any atom is 0.336 e. The zero-order valence-electron chi connectivity index (χ0n) is 16.3. The Kier molecular flexibility index (Phi) is 5.22. The molecule has 0 aromatic carbocycles. The molecule has 148 valence electrons. The van der Waals surface area contributed by atoms with Gasteiger partial charge in [-0.1, -0.05) is 0 Å². The van der Waals surface area contributed by atoms with Gasteiger partial charge >= 0.3 is 11.3 Å². The molecule has 2 amide bonds. The fraction of sp³-hybridized carbons (Fsp3) is 0.400. The molecule has 1 aliphatic rings. The summed E-state index contributed by atoms with van der Waals surface area (Å²) >= 11 is 0. The summed E-state index contributed by atoms with van der Waals surface area (Å²) in [6.45, 7) is 8.02. The molecule has 0 aliphatic carbocycles. The summed E-state index contributed by atoms with van der Waals surface area (Å²) in [6, 6.07) is 2.60. The van der Waals surface area contributed by atoms with Crippen LogP contribution in [0.3, 0.4) is 0 Å². The Bertz CT molecular complexity index is 919. The molecule has 3 rings (SSSR count). The van der Waals surface area contributed by atoms with Crippen LogP contribution in [-0.4, -0.2) is 47.8 Å². The van der Waals surface area contributed by atoms with Crippen molar-refractivity contribution in [2.45, 2.75) is 27.7 Å². The van der Waals surface area contributed by atoms with Gasteiger partial charge in [0.05, 0.1) is 11.1 Å². The quantitative estimate of drug-likeness (QED) is 0.774. The Hall–Kier alpha value is -3.16. The number of nitrogens with zero attached hydrogens (tertiary/aromatic N) is 2. The molecule has 28 heavy (non-hydrogen) atoms. The van der Waals surface area contributed by atoms with Gasteiger partial charge in [-0.25, -0.2) is 9.59 Å². The highest BCUT2D eigenvalue weighted by molar-refractivity contribution is 5.98. The Morgan fingerprint density at radius 2 is 1.04 bits per heavy atom. The minimum absolute atomic E-state index is 0.219. The van der Waals surface area contributed by atoms with Crippen LogP contribution in [0.15, 0.2) is 30.6 Å². The van der Waals surface area contributed by atoms with Crippen LogP contribution >= 0.6 is 0 Å². The molecule has 3 heterocycles. The minimum Gasteiger partial charge on any atom is -0.427 e. The molecule has 0 radical (unpaired) electrons. The van der Waals surface area contributed by atoms with Crippen molar-refractivity contribution in [3.05, 3.63) is 66.7 Å². The molecular weight excluding hydrogens is 364 g/mol. The molecule has 0 unspecified atom stereocenters. The van der Waals surface area contributed by atoms with E-state index >= 15 is 0 Å². The number of carbonyl (C=O) groups is 2. The van der Waals surface area contributed by atoms with Crippen LogP contribution in [0.4, 0.5) is 0 Å². The van der Waals surface area contributed by atoms with E-state index in [-0.39, 0.29) is 11.8 Å². The largest absolute Gasteiger partial charge is 0.427 e. The normalized spacial score (nSPS) is 14.3. The number of carbonyl (C=O) groups excluding carboxylic acids is 2. The van der Waals surface area contributed by atoms with E-state index in [0.29, 0.717) is 60.0 Å². The van der Waals surface area contributed by atoms with E-state index in [1.165, 1.54) is 12.1 Å². The van der Waals surface area contributed by atoms with E-state index in [9.17, 15) is 19.2 Å². The molecule has 1 fully saturated rings. The molecule has 0 N–H and O–H groups in total. The molecule has 2 aromatic rings. The second-order valence-electron chi connectivity index (χ2n) is 6.94. The highest BCUT2D eigenvalue weighted by Crippen LogP contribution is 2.18. The zero-order chi connectivity index (χ0) is 20.6. The van der Waals surface area contributed by atoms with E-state index in [1.807, 2.05) is 0 Å². The lowest BCUT2D eigenvalue weighted by Gasteiger charge is -2.35. The molecule has 0 spiro atoms. The standard InChI is InChI=1S/C20H22N2O6/c1-11-9-15(23)27-13(3)17(11)19(25)21-5-7-22(8-6-21)20(26)18-12(2)10-16(24)28-14(18)4/h9-10H,5-8H2,1-4H3. The van der Waals surface area contributed by atoms with Gasteiger partial charge in [0, 0.05) is 38.3 Å². The van der Waals surface area contributed by atoms with Gasteiger partial charge in [-0.3, -0.25) is 9.59 Å². The molecule has 0 atom stereocenters. The number of aryl methyl sites for hydroxylation is 4. The van der Waals surface area contributed by atoms with E-state index in [4.69, 9.17) is 8.83 Å². The van der Waals surface area contributed by atoms with E-state index in [1.54, 1.807) is 37.5 Å². The summed E-state index contributed by atoms with van der Waals surface area (Å²) in [5, 5.41) is 0. The first-order chi connectivity index (χ1) is 13.2. The van der Waals surface area contributed by atoms with E-state index in [0.717, 1.165) is 0 Å². The van der Waals surface area contributed by atoms with Crippen LogP contribution in [0, 0.1) is 27.7 Å². The predicted octanol–water partition coefficient (Wildman–Crippen LogP) is 1.42. The second-order valence-corrected chi connectivity index (χ2v) is 6.94. The smallest absolute Gasteiger partial charge is 0.336 e. The number of piperazine rings is 1. The topological polar surface area (TPSA) is 101 Å². The second kappa shape index (κ2) is 7.46. The van der Waals surface area contributed by atoms with E-state index < -0.39 is 11.3 Å². The van der Waals surface area contributed by atoms with Gasteiger partial charge in [0.25, 0.3) is 11.8 Å². The van der Waals surface area contributed by atoms with Crippen molar-refractivity contribution in [2.75, 3.05) is 26.2 Å². The Morgan fingerprint density at radius 1 is 0.714 bits per heavy atom. The third-order valence-corrected chi connectivity index (χ3v) is 4.95. The first kappa shape index (κ1) is 19.6. The van der Waals surface area contributed by atoms with Gasteiger partial charge in [-0.05, 0) is 38.8 Å². The summed E-state index contributed by atoms with van der Waals surface area (Å²) in [6.07, 6.45) is 0. The number of hydrogen-bond donors (Lipinski definition) is 0. The van der Waals surface area contributed by atoms with Gasteiger partial charge in [0.1, 0.15) is 11.5 Å². The molecule has 0 bridgehead atoms. The third kappa shape index (κ3) is 3.62. The fourth-order valence-electron chi connectivity index (χ4n) is 3.58. The van der Waals surface area contributed by atoms with Gasteiger partial charge in [0.2, 0.25) is 0 Å². The lowest BCUT2D eigenvalue weighted by atomic mass is 10.1. The first-order valence-electron chi connectivity index (χ1n) is 9.00. The summed E-state index contributed by atoms with van der Waals surface area (Å²) in [4.78, 5) is 51.9. The summed E-state index contributed by atoms with van der Waals surface area (Å²) in [5.74, 6) is 0.144. The molecule has 8 heteroatoms. The molecule has 1 saturated heterocycles. The highest BCUT2D eigenvalue weighted by atomic mass is 16.4. The average molecular weight is 386 g/mol. The minimum atomic E-state index is -0.484. The van der Waals surface area contributed by atoms with Crippen molar-refractivity contribution in [2.24, 2.45) is 0 Å². The lowest BCUT2D eigenvalue weighted by molar-refractivity contribution is 0.0529. The van der Waals surface area contributed by atoms with E-state index in [2.05, 4.69) is 0 Å². The Balaban J connectivity index is 1.75. The number of rotatable bonds is 2. The zero-order valence-corrected chi connectivity index (χ0v) is 16.3. The van der Waals surface area contributed by atoms with Gasteiger partial charge < -0.3 is 18.6 Å². The van der Waals surface area contributed by atoms with Crippen molar-refractivity contribution >= 4 is 11.8 Å². The number of hydrogen-bond acceptors (Lipinski definition) is 6. The van der Waals surface area contributed by atoms with Crippen molar-refractivity contribution in [1.82, 2.24) is 9.80 Å². The van der Waals surface area contributed by atoms with Gasteiger partial charge in [-0.15, -0.1) is 0 Å². The van der Waals surface area contributed by atoms with Crippen LogP contribution in [0.1, 0.15) is 43.4 Å². The number of amides is 2. The lowest BCUT2D eigenvalue weighted by Crippen LogP contribution is -2.51. The van der Waals surface area contributed by atoms with Crippen molar-refractivity contribution in [3.8, 4) is 0 Å². The Labute approximate surface area is 161 Å². The van der Waals surface area contributed by atoms with Crippen LogP contribution in [0.2, 0.25) is 0 Å². The summed E-state index contributed by atoms with van der Waals surface area (Å²) in [7, 11) is 0. The Morgan fingerprint density at radius 3 is 1.32 bits per heavy atom. The van der Waals surface area contributed by atoms with Crippen molar-refractivity contribution in [1.29, 1.82) is 0 Å². The average Bonchev–Trinajstić information content (AvgIpc) is 2.60. The van der Waals surface area contributed by atoms with Crippen LogP contribution < -0.4 is 11.3 Å². The summed E-state index contributed by atoms with van der Waals surface area (Å²) in [5.41, 5.74) is 0.946. The molecular formula is C20H22N2O6. The maximum absolute atomic E-state index is 12.9. The summed E-state index contributed by atoms with van der Waals surface area (Å²) < 4.78 is 10.1. The first-order valence-corrected chi connectivity index (χ1v) is 9.00. The fourth-order valence-corrected chi connectivity index (χ4v) is 3.58. The molecule has 1 aliphatic heterocycles. The van der Waals surface area contributed by atoms with Crippen molar-refractivity contribution < 1.29 is 18.4 Å². The van der Waals surface area contributed by atoms with Crippen molar-refractivity contribution in [3.63, 3.8) is 0 Å². The van der Waals surface area contributed by atoms with Gasteiger partial charge in [0.15, 0.2) is 0 Å². The monoisotopic (exact) mass is 386 g/mol. The maximum atomic E-state index is 12.9. The highest BCUT2D eigenvalue weighted by Gasteiger charge is 2.29. The molecule has 0 saturated carbocycles. The molecule has 8 nitrogen and oxygen atoms in total. The predicted molar refractivity (Wildman–Crippen MR) is 101 cm³/mol. The molecule has 2 aromatic heterocycles. The van der Waals surface area contributed by atoms with Crippen LogP contribution in [0.25, 0.3) is 0 Å². The SMILES string of the molecule is Cc1cc(=O)oc(C)c1C(=O)N1CCN(C(=O)c2c(C)cc(=O)oc2C)CC1. The van der Waals surface area contributed by atoms with Crippen LogP contribution in [0.5, 0.6) is 0 Å². The van der Waals surface area contributed by atoms with Gasteiger partial charge in [-0.2, -0.15) is 0 Å². The third-order valence-electron chi connectivity index (χ3n) is 4.95. The van der Waals surface area contributed by atoms with Crippen LogP contribution in [-0.2, 0) is 0 Å².